The number of rotatable bonds is 5. The van der Waals surface area contributed by atoms with Crippen molar-refractivity contribution in [1.29, 1.82) is 0 Å². The second kappa shape index (κ2) is 7.21. The smallest absolute Gasteiger partial charge is 0.232 e. The van der Waals surface area contributed by atoms with E-state index >= 15 is 0 Å². The van der Waals surface area contributed by atoms with Gasteiger partial charge in [0.25, 0.3) is 0 Å². The van der Waals surface area contributed by atoms with Gasteiger partial charge in [0.1, 0.15) is 5.76 Å². The third kappa shape index (κ3) is 3.78. The molecular formula is C18H22N2O2S. The molecule has 1 aromatic heterocycles. The third-order valence-corrected chi connectivity index (χ3v) is 5.29. The van der Waals surface area contributed by atoms with Gasteiger partial charge in [0.05, 0.1) is 23.2 Å². The highest BCUT2D eigenvalue weighted by molar-refractivity contribution is 7.99. The number of aryl methyl sites for hydroxylation is 2. The van der Waals surface area contributed by atoms with Crippen LogP contribution < -0.4 is 0 Å². The van der Waals surface area contributed by atoms with Crippen molar-refractivity contribution >= 4 is 17.7 Å². The topological polar surface area (TPSA) is 46.3 Å². The van der Waals surface area contributed by atoms with Crippen molar-refractivity contribution in [2.24, 2.45) is 0 Å². The standard InChI is InChI=1S/C18H22N2O2S/c1-13-10-15(22-19-13)11-23-12-18(21)20(2)17-9-5-7-14-6-3-4-8-16(14)17/h3-4,6,8,10,17H,5,7,9,11-12H2,1-2H3/t17-/m1/s1. The lowest BCUT2D eigenvalue weighted by atomic mass is 9.87. The number of carbonyl (C=O) groups excluding carboxylic acids is 1. The molecule has 0 bridgehead atoms. The van der Waals surface area contributed by atoms with Gasteiger partial charge in [-0.25, -0.2) is 0 Å². The Morgan fingerprint density at radius 3 is 3.04 bits per heavy atom. The van der Waals surface area contributed by atoms with Gasteiger partial charge in [-0.15, -0.1) is 11.8 Å². The molecule has 0 spiro atoms. The van der Waals surface area contributed by atoms with Crippen molar-refractivity contribution in [2.45, 2.75) is 38.0 Å². The summed E-state index contributed by atoms with van der Waals surface area (Å²) in [5.74, 6) is 2.15. The minimum absolute atomic E-state index is 0.174. The number of hydrogen-bond acceptors (Lipinski definition) is 4. The van der Waals surface area contributed by atoms with Crippen molar-refractivity contribution in [2.75, 3.05) is 12.8 Å². The van der Waals surface area contributed by atoms with Crippen LogP contribution in [0.1, 0.15) is 41.5 Å². The Morgan fingerprint density at radius 1 is 1.43 bits per heavy atom. The molecule has 0 N–H and O–H groups in total. The summed E-state index contributed by atoms with van der Waals surface area (Å²) in [6.45, 7) is 1.90. The van der Waals surface area contributed by atoms with Crippen LogP contribution in [-0.2, 0) is 17.0 Å². The molecule has 4 nitrogen and oxygen atoms in total. The minimum atomic E-state index is 0.174. The van der Waals surface area contributed by atoms with E-state index in [2.05, 4.69) is 29.4 Å². The molecule has 2 aromatic rings. The van der Waals surface area contributed by atoms with E-state index in [-0.39, 0.29) is 11.9 Å². The predicted octanol–water partition coefficient (Wildman–Crippen LogP) is 3.75. The van der Waals surface area contributed by atoms with E-state index in [1.165, 1.54) is 11.1 Å². The summed E-state index contributed by atoms with van der Waals surface area (Å²) in [5, 5.41) is 3.86. The van der Waals surface area contributed by atoms with Crippen molar-refractivity contribution < 1.29 is 9.32 Å². The first kappa shape index (κ1) is 16.1. The molecule has 0 radical (unpaired) electrons. The Kier molecular flexibility index (Phi) is 5.06. The van der Waals surface area contributed by atoms with E-state index in [0.717, 1.165) is 30.7 Å². The predicted molar refractivity (Wildman–Crippen MR) is 92.3 cm³/mol. The Labute approximate surface area is 141 Å². The highest BCUT2D eigenvalue weighted by atomic mass is 32.2. The Balaban J connectivity index is 1.57. The van der Waals surface area contributed by atoms with Crippen molar-refractivity contribution in [3.63, 3.8) is 0 Å². The van der Waals surface area contributed by atoms with Gasteiger partial charge in [-0.1, -0.05) is 29.4 Å². The molecule has 0 fully saturated rings. The van der Waals surface area contributed by atoms with Crippen molar-refractivity contribution in [3.8, 4) is 0 Å². The van der Waals surface area contributed by atoms with E-state index in [4.69, 9.17) is 4.52 Å². The summed E-state index contributed by atoms with van der Waals surface area (Å²) in [6.07, 6.45) is 3.31. The van der Waals surface area contributed by atoms with Crippen LogP contribution in [0.3, 0.4) is 0 Å². The average Bonchev–Trinajstić information content (AvgIpc) is 2.99. The molecule has 3 rings (SSSR count). The molecule has 1 atom stereocenters. The normalized spacial score (nSPS) is 16.9. The van der Waals surface area contributed by atoms with E-state index < -0.39 is 0 Å². The number of benzene rings is 1. The molecule has 0 aliphatic heterocycles. The van der Waals surface area contributed by atoms with Crippen LogP contribution >= 0.6 is 11.8 Å². The zero-order valence-corrected chi connectivity index (χ0v) is 14.4. The maximum atomic E-state index is 12.5. The SMILES string of the molecule is Cc1cc(CSCC(=O)N(C)[C@@H]2CCCc3ccccc32)on1. The Hall–Kier alpha value is -1.75. The van der Waals surface area contributed by atoms with Gasteiger partial charge in [-0.3, -0.25) is 4.79 Å². The molecule has 1 aromatic carbocycles. The molecule has 1 aliphatic rings. The molecule has 5 heteroatoms. The molecule has 0 unspecified atom stereocenters. The summed E-state index contributed by atoms with van der Waals surface area (Å²) in [6, 6.07) is 10.6. The van der Waals surface area contributed by atoms with E-state index in [9.17, 15) is 4.79 Å². The second-order valence-corrected chi connectivity index (χ2v) is 7.02. The van der Waals surface area contributed by atoms with Gasteiger partial charge in [0, 0.05) is 13.1 Å². The Bertz CT molecular complexity index is 683. The number of hydrogen-bond donors (Lipinski definition) is 0. The fourth-order valence-electron chi connectivity index (χ4n) is 3.13. The fourth-order valence-corrected chi connectivity index (χ4v) is 3.95. The first-order valence-electron chi connectivity index (χ1n) is 7.98. The summed E-state index contributed by atoms with van der Waals surface area (Å²) in [5.41, 5.74) is 3.57. The average molecular weight is 330 g/mol. The van der Waals surface area contributed by atoms with Gasteiger partial charge in [-0.05, 0) is 37.3 Å². The summed E-state index contributed by atoms with van der Waals surface area (Å²) < 4.78 is 5.17. The van der Waals surface area contributed by atoms with Gasteiger partial charge in [-0.2, -0.15) is 0 Å². The van der Waals surface area contributed by atoms with Crippen LogP contribution in [0.5, 0.6) is 0 Å². The monoisotopic (exact) mass is 330 g/mol. The summed E-state index contributed by atoms with van der Waals surface area (Å²) in [7, 11) is 1.92. The third-order valence-electron chi connectivity index (χ3n) is 4.35. The molecule has 1 aliphatic carbocycles. The number of aromatic nitrogens is 1. The number of carbonyl (C=O) groups is 1. The molecule has 1 heterocycles. The van der Waals surface area contributed by atoms with Crippen LogP contribution in [0.4, 0.5) is 0 Å². The molecule has 0 saturated heterocycles. The summed E-state index contributed by atoms with van der Waals surface area (Å²) >= 11 is 1.58. The number of nitrogens with zero attached hydrogens (tertiary/aromatic N) is 2. The minimum Gasteiger partial charge on any atom is -0.360 e. The largest absolute Gasteiger partial charge is 0.360 e. The quantitative estimate of drug-likeness (QED) is 0.837. The number of thioether (sulfide) groups is 1. The lowest BCUT2D eigenvalue weighted by Crippen LogP contribution is -2.34. The van der Waals surface area contributed by atoms with Crippen LogP contribution in [0, 0.1) is 6.92 Å². The molecule has 122 valence electrons. The number of fused-ring (bicyclic) bond motifs is 1. The lowest BCUT2D eigenvalue weighted by Gasteiger charge is -2.33. The van der Waals surface area contributed by atoms with E-state index in [1.807, 2.05) is 24.9 Å². The molecule has 0 saturated carbocycles. The highest BCUT2D eigenvalue weighted by Crippen LogP contribution is 2.33. The van der Waals surface area contributed by atoms with Crippen molar-refractivity contribution in [1.82, 2.24) is 10.1 Å². The van der Waals surface area contributed by atoms with Crippen LogP contribution in [0.2, 0.25) is 0 Å². The zero-order chi connectivity index (χ0) is 16.2. The van der Waals surface area contributed by atoms with Crippen molar-refractivity contribution in [3.05, 3.63) is 52.9 Å². The fraction of sp³-hybridized carbons (Fsp3) is 0.444. The number of amides is 1. The van der Waals surface area contributed by atoms with E-state index in [0.29, 0.717) is 11.5 Å². The maximum Gasteiger partial charge on any atom is 0.232 e. The van der Waals surface area contributed by atoms with Gasteiger partial charge in [0.15, 0.2) is 0 Å². The lowest BCUT2D eigenvalue weighted by molar-refractivity contribution is -0.129. The maximum absolute atomic E-state index is 12.5. The van der Waals surface area contributed by atoms with Crippen LogP contribution in [0.25, 0.3) is 0 Å². The Morgan fingerprint density at radius 2 is 2.26 bits per heavy atom. The summed E-state index contributed by atoms with van der Waals surface area (Å²) in [4.78, 5) is 14.4. The van der Waals surface area contributed by atoms with Gasteiger partial charge in [0.2, 0.25) is 5.91 Å². The van der Waals surface area contributed by atoms with Crippen LogP contribution in [0.15, 0.2) is 34.9 Å². The molecule has 23 heavy (non-hydrogen) atoms. The van der Waals surface area contributed by atoms with E-state index in [1.54, 1.807) is 11.8 Å². The van der Waals surface area contributed by atoms with Gasteiger partial charge < -0.3 is 9.42 Å². The molecule has 1 amide bonds. The first-order valence-corrected chi connectivity index (χ1v) is 9.14. The zero-order valence-electron chi connectivity index (χ0n) is 13.6. The van der Waals surface area contributed by atoms with Gasteiger partial charge >= 0.3 is 0 Å². The highest BCUT2D eigenvalue weighted by Gasteiger charge is 2.26. The second-order valence-electron chi connectivity index (χ2n) is 6.04. The first-order chi connectivity index (χ1) is 11.1. The molecular weight excluding hydrogens is 308 g/mol. The van der Waals surface area contributed by atoms with Crippen LogP contribution in [-0.4, -0.2) is 28.8 Å².